The van der Waals surface area contributed by atoms with Gasteiger partial charge in [-0.3, -0.25) is 0 Å². The maximum absolute atomic E-state index is 13.8. The van der Waals surface area contributed by atoms with Crippen molar-refractivity contribution < 1.29 is 17.5 Å². The van der Waals surface area contributed by atoms with Crippen LogP contribution in [0.1, 0.15) is 31.4 Å². The van der Waals surface area contributed by atoms with Gasteiger partial charge >= 0.3 is 0 Å². The number of halogens is 1. The summed E-state index contributed by atoms with van der Waals surface area (Å²) in [6, 6.07) is 11.1. The van der Waals surface area contributed by atoms with Crippen LogP contribution in [-0.4, -0.2) is 25.4 Å². The molecule has 0 amide bonds. The summed E-state index contributed by atoms with van der Waals surface area (Å²) in [6.07, 6.45) is 1.59. The number of aryl methyl sites for hydroxylation is 1. The van der Waals surface area contributed by atoms with Crippen molar-refractivity contribution in [2.24, 2.45) is 0 Å². The highest BCUT2D eigenvalue weighted by atomic mass is 32.2. The van der Waals surface area contributed by atoms with E-state index in [4.69, 9.17) is 4.74 Å². The molecule has 0 unspecified atom stereocenters. The number of hydrogen-bond donors (Lipinski definition) is 0. The second-order valence-electron chi connectivity index (χ2n) is 6.98. The molecule has 1 heterocycles. The summed E-state index contributed by atoms with van der Waals surface area (Å²) in [4.78, 5) is 0.202. The molecule has 0 fully saturated rings. The molecule has 1 aliphatic heterocycles. The zero-order valence-corrected chi connectivity index (χ0v) is 15.4. The van der Waals surface area contributed by atoms with Crippen LogP contribution in [0.4, 0.5) is 4.39 Å². The van der Waals surface area contributed by atoms with Gasteiger partial charge in [0.1, 0.15) is 17.2 Å². The molecule has 0 radical (unpaired) electrons. The monoisotopic (exact) mass is 363 g/mol. The van der Waals surface area contributed by atoms with E-state index in [-0.39, 0.29) is 17.0 Å². The highest BCUT2D eigenvalue weighted by Gasteiger charge is 2.29. The van der Waals surface area contributed by atoms with Crippen molar-refractivity contribution in [3.63, 3.8) is 0 Å². The Morgan fingerprint density at radius 2 is 1.92 bits per heavy atom. The lowest BCUT2D eigenvalue weighted by molar-refractivity contribution is 0.0845. The smallest absolute Gasteiger partial charge is 0.243 e. The molecule has 0 spiro atoms. The van der Waals surface area contributed by atoms with Crippen LogP contribution in [0.15, 0.2) is 47.4 Å². The molecule has 0 saturated carbocycles. The summed E-state index contributed by atoms with van der Waals surface area (Å²) >= 11 is 0. The first-order chi connectivity index (χ1) is 11.7. The Labute approximate surface area is 148 Å². The zero-order valence-electron chi connectivity index (χ0n) is 14.6. The molecule has 0 N–H and O–H groups in total. The summed E-state index contributed by atoms with van der Waals surface area (Å²) in [5.41, 5.74) is 0.992. The number of nitrogens with zero attached hydrogens (tertiary/aromatic N) is 1. The molecular formula is C19H22FNO3S. The lowest BCUT2D eigenvalue weighted by Crippen LogP contribution is -2.33. The van der Waals surface area contributed by atoms with Crippen LogP contribution >= 0.6 is 0 Å². The number of hydrogen-bond acceptors (Lipinski definition) is 3. The summed E-state index contributed by atoms with van der Waals surface area (Å²) < 4.78 is 46.5. The molecule has 0 saturated heterocycles. The van der Waals surface area contributed by atoms with E-state index in [0.29, 0.717) is 5.56 Å². The van der Waals surface area contributed by atoms with Crippen LogP contribution < -0.4 is 4.74 Å². The van der Waals surface area contributed by atoms with Crippen LogP contribution in [0.3, 0.4) is 0 Å². The van der Waals surface area contributed by atoms with Gasteiger partial charge in [0, 0.05) is 19.2 Å². The number of sulfonamides is 1. The summed E-state index contributed by atoms with van der Waals surface area (Å²) in [6.45, 7) is 4.02. The SMILES string of the molecule is CN(Cc1ccccc1F)S(=O)(=O)c1ccc2c(c1)CCC(C)(C)O2. The van der Waals surface area contributed by atoms with Crippen molar-refractivity contribution in [3.8, 4) is 5.75 Å². The standard InChI is InChI=1S/C19H22FNO3S/c1-19(2)11-10-14-12-16(8-9-18(14)24-19)25(22,23)21(3)13-15-6-4-5-7-17(15)20/h4-9,12H,10-11,13H2,1-3H3. The molecule has 2 aromatic carbocycles. The van der Waals surface area contributed by atoms with Gasteiger partial charge in [-0.2, -0.15) is 4.31 Å². The molecule has 0 aromatic heterocycles. The second kappa shape index (κ2) is 6.42. The van der Waals surface area contributed by atoms with Gasteiger partial charge in [-0.25, -0.2) is 12.8 Å². The van der Waals surface area contributed by atoms with Crippen LogP contribution in [0.5, 0.6) is 5.75 Å². The van der Waals surface area contributed by atoms with Crippen LogP contribution in [0.25, 0.3) is 0 Å². The van der Waals surface area contributed by atoms with Gasteiger partial charge in [-0.05, 0) is 56.5 Å². The van der Waals surface area contributed by atoms with E-state index in [2.05, 4.69) is 0 Å². The third kappa shape index (κ3) is 3.70. The minimum absolute atomic E-state index is 0.0182. The van der Waals surface area contributed by atoms with E-state index in [1.165, 1.54) is 17.4 Å². The van der Waals surface area contributed by atoms with Gasteiger partial charge in [0.2, 0.25) is 10.0 Å². The fourth-order valence-electron chi connectivity index (χ4n) is 2.93. The summed E-state index contributed by atoms with van der Waals surface area (Å²) in [5, 5.41) is 0. The fourth-order valence-corrected chi connectivity index (χ4v) is 4.13. The molecule has 6 heteroatoms. The molecule has 0 bridgehead atoms. The summed E-state index contributed by atoms with van der Waals surface area (Å²) in [7, 11) is -2.25. The normalized spacial score (nSPS) is 16.4. The minimum Gasteiger partial charge on any atom is -0.488 e. The molecule has 2 aromatic rings. The quantitative estimate of drug-likeness (QED) is 0.831. The van der Waals surface area contributed by atoms with Gasteiger partial charge in [-0.1, -0.05) is 18.2 Å². The van der Waals surface area contributed by atoms with Gasteiger partial charge < -0.3 is 4.74 Å². The number of ether oxygens (including phenoxy) is 1. The van der Waals surface area contributed by atoms with Gasteiger partial charge in [0.05, 0.1) is 4.90 Å². The number of benzene rings is 2. The van der Waals surface area contributed by atoms with Crippen LogP contribution in [0.2, 0.25) is 0 Å². The van der Waals surface area contributed by atoms with E-state index in [0.717, 1.165) is 24.2 Å². The average Bonchev–Trinajstić information content (AvgIpc) is 2.55. The van der Waals surface area contributed by atoms with Crippen molar-refractivity contribution >= 4 is 10.0 Å². The van der Waals surface area contributed by atoms with Crippen LogP contribution in [0, 0.1) is 5.82 Å². The third-order valence-corrected chi connectivity index (χ3v) is 6.27. The van der Waals surface area contributed by atoms with Gasteiger partial charge in [0.15, 0.2) is 0 Å². The molecule has 1 aliphatic rings. The van der Waals surface area contributed by atoms with Gasteiger partial charge in [0.25, 0.3) is 0 Å². The Morgan fingerprint density at radius 3 is 2.64 bits per heavy atom. The summed E-state index contributed by atoms with van der Waals surface area (Å²) in [5.74, 6) is 0.317. The lowest BCUT2D eigenvalue weighted by atomic mass is 9.94. The number of fused-ring (bicyclic) bond motifs is 1. The van der Waals surface area contributed by atoms with Crippen molar-refractivity contribution in [1.82, 2.24) is 4.31 Å². The highest BCUT2D eigenvalue weighted by Crippen LogP contribution is 2.34. The Kier molecular flexibility index (Phi) is 4.60. The van der Waals surface area contributed by atoms with Crippen molar-refractivity contribution in [3.05, 3.63) is 59.4 Å². The largest absolute Gasteiger partial charge is 0.488 e. The topological polar surface area (TPSA) is 46.6 Å². The maximum Gasteiger partial charge on any atom is 0.243 e. The average molecular weight is 363 g/mol. The fraction of sp³-hybridized carbons (Fsp3) is 0.368. The third-order valence-electron chi connectivity index (χ3n) is 4.47. The van der Waals surface area contributed by atoms with E-state index >= 15 is 0 Å². The Morgan fingerprint density at radius 1 is 1.20 bits per heavy atom. The Hall–Kier alpha value is -1.92. The van der Waals surface area contributed by atoms with E-state index in [1.54, 1.807) is 36.4 Å². The number of rotatable bonds is 4. The predicted molar refractivity (Wildman–Crippen MR) is 94.5 cm³/mol. The van der Waals surface area contributed by atoms with E-state index < -0.39 is 15.8 Å². The zero-order chi connectivity index (χ0) is 18.2. The van der Waals surface area contributed by atoms with Crippen molar-refractivity contribution in [1.29, 1.82) is 0 Å². The Bertz CT molecular complexity index is 893. The molecule has 25 heavy (non-hydrogen) atoms. The van der Waals surface area contributed by atoms with Crippen LogP contribution in [-0.2, 0) is 23.0 Å². The van der Waals surface area contributed by atoms with E-state index in [9.17, 15) is 12.8 Å². The first kappa shape index (κ1) is 17.9. The first-order valence-corrected chi connectivity index (χ1v) is 9.65. The van der Waals surface area contributed by atoms with Gasteiger partial charge in [-0.15, -0.1) is 0 Å². The molecular weight excluding hydrogens is 341 g/mol. The Balaban J connectivity index is 1.86. The van der Waals surface area contributed by atoms with E-state index in [1.807, 2.05) is 13.8 Å². The van der Waals surface area contributed by atoms with Crippen molar-refractivity contribution in [2.75, 3.05) is 7.05 Å². The first-order valence-electron chi connectivity index (χ1n) is 8.21. The minimum atomic E-state index is -3.71. The highest BCUT2D eigenvalue weighted by molar-refractivity contribution is 7.89. The molecule has 0 aliphatic carbocycles. The molecule has 134 valence electrons. The molecule has 0 atom stereocenters. The van der Waals surface area contributed by atoms with Crippen molar-refractivity contribution in [2.45, 2.75) is 43.7 Å². The molecule has 3 rings (SSSR count). The second-order valence-corrected chi connectivity index (χ2v) is 9.03. The predicted octanol–water partition coefficient (Wildman–Crippen LogP) is 3.75. The molecule has 4 nitrogen and oxygen atoms in total. The maximum atomic E-state index is 13.8. The lowest BCUT2D eigenvalue weighted by Gasteiger charge is -2.32.